The number of aromatic nitrogens is 3. The monoisotopic (exact) mass is 480 g/mol. The molecular weight excluding hydrogens is 460 g/mol. The van der Waals surface area contributed by atoms with E-state index < -0.39 is 0 Å². The highest BCUT2D eigenvalue weighted by Gasteiger charge is 2.27. The van der Waals surface area contributed by atoms with Crippen LogP contribution in [0.2, 0.25) is 5.02 Å². The number of carbonyl (C=O) groups excluding carboxylic acids is 1. The molecule has 0 spiro atoms. The molecule has 1 aliphatic rings. The third kappa shape index (κ3) is 4.55. The number of anilines is 1. The fraction of sp³-hybridized carbons (Fsp3) is 0.208. The predicted molar refractivity (Wildman–Crippen MR) is 130 cm³/mol. The van der Waals surface area contributed by atoms with Gasteiger partial charge >= 0.3 is 0 Å². The number of halogens is 1. The van der Waals surface area contributed by atoms with Crippen molar-refractivity contribution in [2.75, 3.05) is 11.9 Å². The van der Waals surface area contributed by atoms with Crippen molar-refractivity contribution < 1.29 is 14.6 Å². The second kappa shape index (κ2) is 9.43. The number of aliphatic hydroxyl groups is 1. The smallest absolute Gasteiger partial charge is 0.196 e. The lowest BCUT2D eigenvalue weighted by Crippen LogP contribution is -2.14. The van der Waals surface area contributed by atoms with Crippen LogP contribution in [0.5, 0.6) is 11.5 Å². The maximum Gasteiger partial charge on any atom is 0.196 e. The molecule has 5 rings (SSSR count). The van der Waals surface area contributed by atoms with Crippen LogP contribution in [0.25, 0.3) is 11.0 Å². The van der Waals surface area contributed by atoms with Gasteiger partial charge in [0.25, 0.3) is 0 Å². The van der Waals surface area contributed by atoms with E-state index in [1.165, 1.54) is 6.33 Å². The molecule has 2 atom stereocenters. The Bertz CT molecular complexity index is 1300. The fourth-order valence-corrected chi connectivity index (χ4v) is 5.39. The molecule has 4 aromatic rings. The molecule has 1 saturated heterocycles. The van der Waals surface area contributed by atoms with E-state index in [0.29, 0.717) is 44.5 Å². The number of rotatable bonds is 7. The number of benzene rings is 2. The molecule has 7 nitrogen and oxygen atoms in total. The van der Waals surface area contributed by atoms with Gasteiger partial charge in [-0.05, 0) is 37.1 Å². The maximum absolute atomic E-state index is 13.4. The van der Waals surface area contributed by atoms with Crippen LogP contribution in [-0.4, -0.2) is 43.1 Å². The molecule has 33 heavy (non-hydrogen) atoms. The Morgan fingerprint density at radius 2 is 2.00 bits per heavy atom. The van der Waals surface area contributed by atoms with Crippen molar-refractivity contribution in [2.24, 2.45) is 0 Å². The number of ketones is 1. The van der Waals surface area contributed by atoms with Crippen LogP contribution >= 0.6 is 23.4 Å². The van der Waals surface area contributed by atoms with Crippen LogP contribution < -0.4 is 10.1 Å². The Morgan fingerprint density at radius 1 is 1.15 bits per heavy atom. The van der Waals surface area contributed by atoms with Crippen LogP contribution in [0, 0.1) is 0 Å². The summed E-state index contributed by atoms with van der Waals surface area (Å²) in [5.41, 5.74) is 1.37. The van der Waals surface area contributed by atoms with Crippen LogP contribution in [0.15, 0.2) is 61.1 Å². The number of nitrogens with zero attached hydrogens (tertiary/aromatic N) is 2. The topological polar surface area (TPSA) is 100 Å². The molecular formula is C24H21ClN4O3S. The van der Waals surface area contributed by atoms with Crippen molar-refractivity contribution in [3.8, 4) is 11.5 Å². The van der Waals surface area contributed by atoms with Crippen molar-refractivity contribution in [3.63, 3.8) is 0 Å². The number of thioether (sulfide) groups is 1. The average Bonchev–Trinajstić information content (AvgIpc) is 3.47. The van der Waals surface area contributed by atoms with Gasteiger partial charge in [-0.15, -0.1) is 11.8 Å². The Kier molecular flexibility index (Phi) is 6.22. The maximum atomic E-state index is 13.4. The number of carbonyl (C=O) groups is 1. The molecule has 2 aromatic carbocycles. The van der Waals surface area contributed by atoms with Crippen LogP contribution in [0.4, 0.5) is 5.82 Å². The summed E-state index contributed by atoms with van der Waals surface area (Å²) in [5, 5.41) is 14.1. The zero-order chi connectivity index (χ0) is 22.8. The van der Waals surface area contributed by atoms with Crippen molar-refractivity contribution in [3.05, 3.63) is 77.2 Å². The first-order chi connectivity index (χ1) is 16.1. The molecule has 1 aliphatic heterocycles. The van der Waals surface area contributed by atoms with Crippen molar-refractivity contribution in [1.29, 1.82) is 0 Å². The van der Waals surface area contributed by atoms with Gasteiger partial charge in [0.2, 0.25) is 0 Å². The second-order valence-electron chi connectivity index (χ2n) is 7.69. The van der Waals surface area contributed by atoms with Crippen molar-refractivity contribution in [2.45, 2.75) is 23.5 Å². The number of nitrogens with one attached hydrogen (secondary N) is 2. The van der Waals surface area contributed by atoms with E-state index in [-0.39, 0.29) is 23.0 Å². The summed E-state index contributed by atoms with van der Waals surface area (Å²) in [7, 11) is 0. The zero-order valence-corrected chi connectivity index (χ0v) is 19.1. The molecule has 168 valence electrons. The molecule has 0 radical (unpaired) electrons. The highest BCUT2D eigenvalue weighted by molar-refractivity contribution is 8.00. The first kappa shape index (κ1) is 21.8. The summed E-state index contributed by atoms with van der Waals surface area (Å²) >= 11 is 8.16. The number of ether oxygens (including phenoxy) is 1. The minimum atomic E-state index is -0.234. The summed E-state index contributed by atoms with van der Waals surface area (Å²) in [6.07, 6.45) is 4.93. The first-order valence-electron chi connectivity index (χ1n) is 10.5. The molecule has 0 saturated carbocycles. The van der Waals surface area contributed by atoms with E-state index in [9.17, 15) is 9.90 Å². The highest BCUT2D eigenvalue weighted by atomic mass is 35.5. The van der Waals surface area contributed by atoms with Crippen molar-refractivity contribution in [1.82, 2.24) is 15.0 Å². The molecule has 0 aliphatic carbocycles. The molecule has 0 amide bonds. The predicted octanol–water partition coefficient (Wildman–Crippen LogP) is 5.26. The number of hydrogen-bond donors (Lipinski definition) is 3. The average molecular weight is 481 g/mol. The molecule has 3 N–H and O–H groups in total. The Hall–Kier alpha value is -3.07. The highest BCUT2D eigenvalue weighted by Crippen LogP contribution is 2.36. The van der Waals surface area contributed by atoms with Crippen LogP contribution in [0.3, 0.4) is 0 Å². The summed E-state index contributed by atoms with van der Waals surface area (Å²) in [6, 6.07) is 14.4. The van der Waals surface area contributed by atoms with E-state index in [0.717, 1.165) is 12.8 Å². The SMILES string of the molecule is O=C(c1ccc(Oc2ccccc2)cc1Cl)c1c[nH]c2ncnc(NC3CCC(CO)S3)c12. The summed E-state index contributed by atoms with van der Waals surface area (Å²) < 4.78 is 5.81. The van der Waals surface area contributed by atoms with Gasteiger partial charge in [0.1, 0.15) is 29.3 Å². The van der Waals surface area contributed by atoms with Gasteiger partial charge in [-0.25, -0.2) is 9.97 Å². The quantitative estimate of drug-likeness (QED) is 0.310. The number of hydrogen-bond acceptors (Lipinski definition) is 7. The number of fused-ring (bicyclic) bond motifs is 1. The summed E-state index contributed by atoms with van der Waals surface area (Å²) in [4.78, 5) is 25.2. The van der Waals surface area contributed by atoms with Gasteiger partial charge in [0.05, 0.1) is 28.0 Å². The normalized spacial score (nSPS) is 17.9. The standard InChI is InChI=1S/C24H21ClN4O3S/c25-19-10-15(32-14-4-2-1-3-5-14)6-8-17(19)22(31)18-11-26-23-21(18)24(28-13-27-23)29-20-9-7-16(12-30)33-20/h1-6,8,10-11,13,16,20,30H,7,9,12H2,(H2,26,27,28,29). The van der Waals surface area contributed by atoms with E-state index in [4.69, 9.17) is 16.3 Å². The minimum absolute atomic E-state index is 0.108. The van der Waals surface area contributed by atoms with Gasteiger partial charge in [-0.3, -0.25) is 4.79 Å². The molecule has 3 heterocycles. The third-order valence-corrected chi connectivity index (χ3v) is 7.25. The largest absolute Gasteiger partial charge is 0.457 e. The lowest BCUT2D eigenvalue weighted by molar-refractivity contribution is 0.104. The fourth-order valence-electron chi connectivity index (χ4n) is 3.86. The Labute approximate surface area is 199 Å². The lowest BCUT2D eigenvalue weighted by Gasteiger charge is -2.14. The summed E-state index contributed by atoms with van der Waals surface area (Å²) in [5.74, 6) is 1.58. The zero-order valence-electron chi connectivity index (χ0n) is 17.5. The van der Waals surface area contributed by atoms with Crippen molar-refractivity contribution >= 4 is 46.0 Å². The van der Waals surface area contributed by atoms with Gasteiger partial charge < -0.3 is 20.1 Å². The molecule has 2 aromatic heterocycles. The van der Waals surface area contributed by atoms with Gasteiger partial charge in [0, 0.05) is 23.1 Å². The molecule has 1 fully saturated rings. The minimum Gasteiger partial charge on any atom is -0.457 e. The van der Waals surface area contributed by atoms with Gasteiger partial charge in [0.15, 0.2) is 5.78 Å². The number of H-pyrrole nitrogens is 1. The third-order valence-electron chi connectivity index (χ3n) is 5.49. The Morgan fingerprint density at radius 3 is 2.76 bits per heavy atom. The van der Waals surface area contributed by atoms with E-state index in [1.54, 1.807) is 36.2 Å². The van der Waals surface area contributed by atoms with Crippen LogP contribution in [0.1, 0.15) is 28.8 Å². The lowest BCUT2D eigenvalue weighted by atomic mass is 10.0. The Balaban J connectivity index is 1.43. The van der Waals surface area contributed by atoms with Gasteiger partial charge in [-0.1, -0.05) is 29.8 Å². The van der Waals surface area contributed by atoms with Gasteiger partial charge in [-0.2, -0.15) is 0 Å². The van der Waals surface area contributed by atoms with E-state index >= 15 is 0 Å². The first-order valence-corrected chi connectivity index (χ1v) is 11.9. The van der Waals surface area contributed by atoms with E-state index in [1.807, 2.05) is 30.3 Å². The molecule has 2 unspecified atom stereocenters. The molecule has 9 heteroatoms. The van der Waals surface area contributed by atoms with E-state index in [2.05, 4.69) is 20.3 Å². The number of aromatic amines is 1. The number of para-hydroxylation sites is 1. The van der Waals surface area contributed by atoms with Crippen LogP contribution in [-0.2, 0) is 0 Å². The number of aliphatic hydroxyl groups excluding tert-OH is 1. The molecule has 0 bridgehead atoms. The second-order valence-corrected chi connectivity index (χ2v) is 9.60. The summed E-state index contributed by atoms with van der Waals surface area (Å²) in [6.45, 7) is 0.151.